The molecule has 0 saturated carbocycles. The van der Waals surface area contributed by atoms with E-state index in [1.54, 1.807) is 30.3 Å². The molecule has 2 aromatic rings. The molecule has 1 amide bonds. The van der Waals surface area contributed by atoms with Gasteiger partial charge in [-0.2, -0.15) is 13.2 Å². The number of ether oxygens (including phenoxy) is 1. The van der Waals surface area contributed by atoms with E-state index in [0.29, 0.717) is 15.6 Å². The van der Waals surface area contributed by atoms with Gasteiger partial charge < -0.3 is 4.74 Å². The average molecular weight is 428 g/mol. The van der Waals surface area contributed by atoms with Crippen LogP contribution in [0.3, 0.4) is 0 Å². The van der Waals surface area contributed by atoms with Gasteiger partial charge in [0.15, 0.2) is 0 Å². The summed E-state index contributed by atoms with van der Waals surface area (Å²) in [6, 6.07) is 10.3. The highest BCUT2D eigenvalue weighted by Crippen LogP contribution is 2.40. The molecule has 0 radical (unpaired) electrons. The number of anilines is 1. The van der Waals surface area contributed by atoms with E-state index in [1.165, 1.54) is 0 Å². The quantitative estimate of drug-likeness (QED) is 0.607. The number of rotatable bonds is 2. The zero-order chi connectivity index (χ0) is 18.9. The topological polar surface area (TPSA) is 29.5 Å². The maximum Gasteiger partial charge on any atom is 0.415 e. The molecule has 1 aliphatic rings. The molecule has 1 unspecified atom stereocenters. The van der Waals surface area contributed by atoms with Crippen LogP contribution in [0, 0.1) is 6.92 Å². The first-order valence-corrected chi connectivity index (χ1v) is 8.92. The summed E-state index contributed by atoms with van der Waals surface area (Å²) in [5.74, 6) is 0. The number of carbonyl (C=O) groups is 1. The van der Waals surface area contributed by atoms with Crippen LogP contribution in [0.2, 0.25) is 0 Å². The molecule has 0 aliphatic carbocycles. The van der Waals surface area contributed by atoms with E-state index < -0.39 is 18.3 Å². The van der Waals surface area contributed by atoms with E-state index in [0.717, 1.165) is 10.5 Å². The zero-order valence-corrected chi connectivity index (χ0v) is 15.6. The van der Waals surface area contributed by atoms with E-state index in [1.807, 2.05) is 19.1 Å². The molecule has 7 heteroatoms. The second kappa shape index (κ2) is 7.31. The van der Waals surface area contributed by atoms with Crippen LogP contribution < -0.4 is 4.90 Å². The van der Waals surface area contributed by atoms with E-state index in [4.69, 9.17) is 4.74 Å². The number of alkyl halides is 3. The lowest BCUT2D eigenvalue weighted by atomic mass is 9.94. The van der Waals surface area contributed by atoms with Crippen LogP contribution in [-0.4, -0.2) is 18.3 Å². The van der Waals surface area contributed by atoms with Crippen LogP contribution in [0.1, 0.15) is 23.1 Å². The number of benzene rings is 2. The Kier molecular flexibility index (Phi) is 5.27. The van der Waals surface area contributed by atoms with Gasteiger partial charge in [0.25, 0.3) is 0 Å². The largest absolute Gasteiger partial charge is 0.444 e. The average Bonchev–Trinajstić information content (AvgIpc) is 2.60. The van der Waals surface area contributed by atoms with Crippen molar-refractivity contribution in [3.05, 3.63) is 63.6 Å². The Morgan fingerprint density at radius 2 is 1.96 bits per heavy atom. The molecule has 2 aromatic carbocycles. The summed E-state index contributed by atoms with van der Waals surface area (Å²) in [6.07, 6.45) is -5.44. The fourth-order valence-electron chi connectivity index (χ4n) is 3.07. The SMILES string of the molecule is Cc1cc2c(cc1Br)N(C(=O)OCc1ccccc1)C(C(F)(F)F)CC2. The molecule has 26 heavy (non-hydrogen) atoms. The maximum atomic E-state index is 13.5. The number of hydrogen-bond donors (Lipinski definition) is 0. The minimum absolute atomic E-state index is 0.0802. The van der Waals surface area contributed by atoms with E-state index in [2.05, 4.69) is 15.9 Å². The van der Waals surface area contributed by atoms with Gasteiger partial charge in [0.05, 0.1) is 5.69 Å². The third-order valence-electron chi connectivity index (χ3n) is 4.40. The van der Waals surface area contributed by atoms with Gasteiger partial charge in [0.1, 0.15) is 12.6 Å². The minimum atomic E-state index is -4.53. The number of hydrogen-bond acceptors (Lipinski definition) is 2. The molecule has 1 aliphatic heterocycles. The summed E-state index contributed by atoms with van der Waals surface area (Å²) in [5.41, 5.74) is 2.58. The van der Waals surface area contributed by atoms with Crippen LogP contribution in [0.5, 0.6) is 0 Å². The highest BCUT2D eigenvalue weighted by molar-refractivity contribution is 9.10. The van der Waals surface area contributed by atoms with Gasteiger partial charge in [-0.25, -0.2) is 4.79 Å². The third kappa shape index (κ3) is 3.87. The van der Waals surface area contributed by atoms with Crippen LogP contribution in [0.4, 0.5) is 23.7 Å². The molecule has 0 bridgehead atoms. The molecule has 0 saturated heterocycles. The zero-order valence-electron chi connectivity index (χ0n) is 14.0. The fourth-order valence-corrected chi connectivity index (χ4v) is 3.40. The maximum absolute atomic E-state index is 13.5. The van der Waals surface area contributed by atoms with Crippen molar-refractivity contribution in [3.63, 3.8) is 0 Å². The van der Waals surface area contributed by atoms with E-state index in [-0.39, 0.29) is 25.1 Å². The van der Waals surface area contributed by atoms with E-state index in [9.17, 15) is 18.0 Å². The number of amides is 1. The van der Waals surface area contributed by atoms with Crippen molar-refractivity contribution in [2.75, 3.05) is 4.90 Å². The molecular weight excluding hydrogens is 411 g/mol. The lowest BCUT2D eigenvalue weighted by Gasteiger charge is -2.37. The predicted octanol–water partition coefficient (Wildman–Crippen LogP) is 5.78. The highest BCUT2D eigenvalue weighted by atomic mass is 79.9. The van der Waals surface area contributed by atoms with Crippen molar-refractivity contribution in [1.29, 1.82) is 0 Å². The Balaban J connectivity index is 1.92. The first-order chi connectivity index (χ1) is 12.3. The standard InChI is InChI=1S/C19H17BrF3NO2/c1-12-9-14-7-8-17(19(21,22)23)24(16(14)10-15(12)20)18(25)26-11-13-5-3-2-4-6-13/h2-6,9-10,17H,7-8,11H2,1H3. The normalized spacial score (nSPS) is 17.0. The summed E-state index contributed by atoms with van der Waals surface area (Å²) in [6.45, 7) is 1.78. The lowest BCUT2D eigenvalue weighted by molar-refractivity contribution is -0.150. The molecular formula is C19H17BrF3NO2. The number of halogens is 4. The molecule has 138 valence electrons. The van der Waals surface area contributed by atoms with E-state index >= 15 is 0 Å². The third-order valence-corrected chi connectivity index (χ3v) is 5.25. The predicted molar refractivity (Wildman–Crippen MR) is 96.1 cm³/mol. The van der Waals surface area contributed by atoms with Crippen molar-refractivity contribution in [1.82, 2.24) is 0 Å². The second-order valence-electron chi connectivity index (χ2n) is 6.24. The Hall–Kier alpha value is -2.02. The summed E-state index contributed by atoms with van der Waals surface area (Å²) in [7, 11) is 0. The first-order valence-electron chi connectivity index (χ1n) is 8.13. The summed E-state index contributed by atoms with van der Waals surface area (Å²) < 4.78 is 46.4. The highest BCUT2D eigenvalue weighted by Gasteiger charge is 2.48. The van der Waals surface area contributed by atoms with Gasteiger partial charge in [0.2, 0.25) is 0 Å². The van der Waals surface area contributed by atoms with Gasteiger partial charge in [-0.1, -0.05) is 52.3 Å². The lowest BCUT2D eigenvalue weighted by Crippen LogP contribution is -2.51. The van der Waals surface area contributed by atoms with Crippen LogP contribution in [-0.2, 0) is 17.8 Å². The number of aryl methyl sites for hydroxylation is 2. The van der Waals surface area contributed by atoms with Gasteiger partial charge in [-0.05, 0) is 42.5 Å². The van der Waals surface area contributed by atoms with Crippen LogP contribution in [0.15, 0.2) is 46.9 Å². The van der Waals surface area contributed by atoms with Crippen molar-refractivity contribution in [2.24, 2.45) is 0 Å². The number of carbonyl (C=O) groups excluding carboxylic acids is 1. The monoisotopic (exact) mass is 427 g/mol. The Morgan fingerprint density at radius 1 is 1.27 bits per heavy atom. The Morgan fingerprint density at radius 3 is 2.62 bits per heavy atom. The second-order valence-corrected chi connectivity index (χ2v) is 7.09. The van der Waals surface area contributed by atoms with Crippen LogP contribution >= 0.6 is 15.9 Å². The molecule has 1 heterocycles. The summed E-state index contributed by atoms with van der Waals surface area (Å²) >= 11 is 3.34. The Labute approximate surface area is 157 Å². The van der Waals surface area contributed by atoms with Gasteiger partial charge in [0, 0.05) is 4.47 Å². The van der Waals surface area contributed by atoms with Gasteiger partial charge >= 0.3 is 12.3 Å². The van der Waals surface area contributed by atoms with Gasteiger partial charge in [-0.3, -0.25) is 4.90 Å². The van der Waals surface area contributed by atoms with Crippen LogP contribution in [0.25, 0.3) is 0 Å². The molecule has 3 nitrogen and oxygen atoms in total. The minimum Gasteiger partial charge on any atom is -0.444 e. The smallest absolute Gasteiger partial charge is 0.415 e. The van der Waals surface area contributed by atoms with Crippen molar-refractivity contribution < 1.29 is 22.7 Å². The molecule has 1 atom stereocenters. The molecule has 0 N–H and O–H groups in total. The molecule has 3 rings (SSSR count). The van der Waals surface area contributed by atoms with Gasteiger partial charge in [-0.15, -0.1) is 0 Å². The number of nitrogens with zero attached hydrogens (tertiary/aromatic N) is 1. The molecule has 0 aromatic heterocycles. The summed E-state index contributed by atoms with van der Waals surface area (Å²) in [4.78, 5) is 13.3. The Bertz CT molecular complexity index is 808. The molecule has 0 spiro atoms. The molecule has 0 fully saturated rings. The fraction of sp³-hybridized carbons (Fsp3) is 0.316. The number of fused-ring (bicyclic) bond motifs is 1. The van der Waals surface area contributed by atoms with Crippen molar-refractivity contribution in [3.8, 4) is 0 Å². The van der Waals surface area contributed by atoms with Crippen molar-refractivity contribution in [2.45, 2.75) is 38.6 Å². The summed E-state index contributed by atoms with van der Waals surface area (Å²) in [5, 5.41) is 0. The first kappa shape index (κ1) is 18.8. The van der Waals surface area contributed by atoms with Crippen molar-refractivity contribution >= 4 is 27.7 Å².